The van der Waals surface area contributed by atoms with Crippen LogP contribution < -0.4 is 10.2 Å². The second-order valence-corrected chi connectivity index (χ2v) is 6.44. The molecular formula is C18H20N4O3. The maximum Gasteiger partial charge on any atom is 0.289 e. The van der Waals surface area contributed by atoms with Gasteiger partial charge in [0.2, 0.25) is 0 Å². The Bertz CT molecular complexity index is 762. The smallest absolute Gasteiger partial charge is 0.289 e. The van der Waals surface area contributed by atoms with E-state index in [0.29, 0.717) is 43.5 Å². The number of amides is 2. The van der Waals surface area contributed by atoms with Crippen molar-refractivity contribution in [2.24, 2.45) is 0 Å². The van der Waals surface area contributed by atoms with Crippen LogP contribution in [0.4, 0.5) is 5.69 Å². The molecule has 0 bridgehead atoms. The molecule has 2 fully saturated rings. The highest BCUT2D eigenvalue weighted by Crippen LogP contribution is 2.21. The van der Waals surface area contributed by atoms with E-state index in [1.54, 1.807) is 29.4 Å². The van der Waals surface area contributed by atoms with E-state index in [4.69, 9.17) is 4.42 Å². The van der Waals surface area contributed by atoms with Crippen LogP contribution in [0.15, 0.2) is 41.3 Å². The maximum absolute atomic E-state index is 12.3. The molecule has 2 aliphatic rings. The van der Waals surface area contributed by atoms with Crippen LogP contribution in [0.3, 0.4) is 0 Å². The molecular weight excluding hydrogens is 320 g/mol. The summed E-state index contributed by atoms with van der Waals surface area (Å²) in [5.41, 5.74) is 1.49. The number of rotatable bonds is 4. The molecule has 7 heteroatoms. The zero-order valence-electron chi connectivity index (χ0n) is 13.9. The summed E-state index contributed by atoms with van der Waals surface area (Å²) in [5.74, 6) is 0.220. The van der Waals surface area contributed by atoms with Gasteiger partial charge < -0.3 is 19.5 Å². The summed E-state index contributed by atoms with van der Waals surface area (Å²) in [7, 11) is 0. The third-order valence-electron chi connectivity index (χ3n) is 4.56. The van der Waals surface area contributed by atoms with Crippen molar-refractivity contribution in [1.29, 1.82) is 0 Å². The molecule has 2 aromatic rings. The zero-order valence-corrected chi connectivity index (χ0v) is 13.9. The molecule has 3 heterocycles. The summed E-state index contributed by atoms with van der Waals surface area (Å²) in [4.78, 5) is 32.6. The fraction of sp³-hybridized carbons (Fsp3) is 0.389. The fourth-order valence-corrected chi connectivity index (χ4v) is 2.95. The Morgan fingerprint density at radius 3 is 2.64 bits per heavy atom. The Labute approximate surface area is 145 Å². The van der Waals surface area contributed by atoms with Gasteiger partial charge in [-0.3, -0.25) is 14.6 Å². The van der Waals surface area contributed by atoms with Gasteiger partial charge in [-0.25, -0.2) is 0 Å². The van der Waals surface area contributed by atoms with Gasteiger partial charge in [-0.15, -0.1) is 0 Å². The van der Waals surface area contributed by atoms with Crippen LogP contribution in [-0.2, 0) is 0 Å². The molecule has 0 atom stereocenters. The molecule has 2 amide bonds. The van der Waals surface area contributed by atoms with E-state index >= 15 is 0 Å². The molecule has 0 spiro atoms. The van der Waals surface area contributed by atoms with E-state index in [9.17, 15) is 9.59 Å². The molecule has 1 aliphatic carbocycles. The number of furan rings is 1. The van der Waals surface area contributed by atoms with Crippen molar-refractivity contribution in [1.82, 2.24) is 15.2 Å². The molecule has 130 valence electrons. The first kappa shape index (κ1) is 15.7. The summed E-state index contributed by atoms with van der Waals surface area (Å²) in [6.45, 7) is 2.61. The van der Waals surface area contributed by atoms with E-state index in [2.05, 4.69) is 15.2 Å². The first-order valence-corrected chi connectivity index (χ1v) is 8.54. The number of nitrogens with zero attached hydrogens (tertiary/aromatic N) is 3. The average molecular weight is 340 g/mol. The fourth-order valence-electron chi connectivity index (χ4n) is 2.95. The minimum absolute atomic E-state index is 0.0662. The van der Waals surface area contributed by atoms with Gasteiger partial charge in [0.25, 0.3) is 11.8 Å². The van der Waals surface area contributed by atoms with Gasteiger partial charge in [0, 0.05) is 38.4 Å². The van der Waals surface area contributed by atoms with Crippen LogP contribution in [0.25, 0.3) is 0 Å². The molecule has 25 heavy (non-hydrogen) atoms. The molecule has 7 nitrogen and oxygen atoms in total. The normalized spacial score (nSPS) is 17.4. The predicted octanol–water partition coefficient (Wildman–Crippen LogP) is 1.53. The topological polar surface area (TPSA) is 78.7 Å². The largest absolute Gasteiger partial charge is 0.459 e. The van der Waals surface area contributed by atoms with Gasteiger partial charge in [0.1, 0.15) is 0 Å². The van der Waals surface area contributed by atoms with E-state index in [0.717, 1.165) is 18.5 Å². The second-order valence-electron chi connectivity index (χ2n) is 6.44. The number of aromatic nitrogens is 1. The summed E-state index contributed by atoms with van der Waals surface area (Å²) < 4.78 is 5.18. The first-order valence-electron chi connectivity index (χ1n) is 8.54. The number of pyridine rings is 1. The van der Waals surface area contributed by atoms with Crippen LogP contribution in [-0.4, -0.2) is 53.9 Å². The Hall–Kier alpha value is -2.83. The van der Waals surface area contributed by atoms with Crippen LogP contribution >= 0.6 is 0 Å². The van der Waals surface area contributed by atoms with Crippen molar-refractivity contribution in [2.45, 2.75) is 18.9 Å². The lowest BCUT2D eigenvalue weighted by Gasteiger charge is -2.35. The van der Waals surface area contributed by atoms with Gasteiger partial charge in [-0.2, -0.15) is 0 Å². The van der Waals surface area contributed by atoms with Crippen molar-refractivity contribution in [2.75, 3.05) is 31.1 Å². The monoisotopic (exact) mass is 340 g/mol. The molecule has 0 aromatic carbocycles. The molecule has 1 saturated heterocycles. The molecule has 2 aromatic heterocycles. The molecule has 1 saturated carbocycles. The SMILES string of the molecule is O=C(NC1CC1)c1cncc(N2CCN(C(=O)c3ccco3)CC2)c1. The van der Waals surface area contributed by atoms with Crippen molar-refractivity contribution in [3.63, 3.8) is 0 Å². The van der Waals surface area contributed by atoms with Crippen molar-refractivity contribution >= 4 is 17.5 Å². The lowest BCUT2D eigenvalue weighted by Crippen LogP contribution is -2.48. The van der Waals surface area contributed by atoms with Gasteiger partial charge in [0.15, 0.2) is 5.76 Å². The summed E-state index contributed by atoms with van der Waals surface area (Å²) in [6.07, 6.45) is 6.98. The Morgan fingerprint density at radius 2 is 1.96 bits per heavy atom. The second kappa shape index (κ2) is 6.58. The number of nitrogens with one attached hydrogen (secondary N) is 1. The highest BCUT2D eigenvalue weighted by atomic mass is 16.3. The third-order valence-corrected chi connectivity index (χ3v) is 4.56. The standard InChI is InChI=1S/C18H20N4O3/c23-17(20-14-3-4-14)13-10-15(12-19-11-13)21-5-7-22(8-6-21)18(24)16-2-1-9-25-16/h1-2,9-12,14H,3-8H2,(H,20,23). The van der Waals surface area contributed by atoms with Gasteiger partial charge in [0.05, 0.1) is 23.7 Å². The minimum Gasteiger partial charge on any atom is -0.459 e. The zero-order chi connectivity index (χ0) is 17.2. The van der Waals surface area contributed by atoms with Gasteiger partial charge in [-0.1, -0.05) is 0 Å². The number of hydrogen-bond donors (Lipinski definition) is 1. The highest BCUT2D eigenvalue weighted by Gasteiger charge is 2.26. The molecule has 1 aliphatic heterocycles. The Kier molecular flexibility index (Phi) is 4.13. The number of hydrogen-bond acceptors (Lipinski definition) is 5. The van der Waals surface area contributed by atoms with E-state index < -0.39 is 0 Å². The number of carbonyl (C=O) groups excluding carboxylic acids is 2. The van der Waals surface area contributed by atoms with E-state index in [1.165, 1.54) is 6.26 Å². The van der Waals surface area contributed by atoms with Crippen molar-refractivity contribution < 1.29 is 14.0 Å². The average Bonchev–Trinajstić information content (AvgIpc) is 3.30. The van der Waals surface area contributed by atoms with Crippen LogP contribution in [0, 0.1) is 0 Å². The Balaban J connectivity index is 1.38. The van der Waals surface area contributed by atoms with Crippen molar-refractivity contribution in [3.05, 3.63) is 48.2 Å². The third kappa shape index (κ3) is 3.50. The van der Waals surface area contributed by atoms with Crippen LogP contribution in [0.1, 0.15) is 33.8 Å². The quantitative estimate of drug-likeness (QED) is 0.913. The minimum atomic E-state index is -0.0830. The van der Waals surface area contributed by atoms with Crippen LogP contribution in [0.2, 0.25) is 0 Å². The van der Waals surface area contributed by atoms with E-state index in [-0.39, 0.29) is 11.8 Å². The van der Waals surface area contributed by atoms with Crippen LogP contribution in [0.5, 0.6) is 0 Å². The summed E-state index contributed by atoms with van der Waals surface area (Å²) >= 11 is 0. The lowest BCUT2D eigenvalue weighted by molar-refractivity contribution is 0.0714. The summed E-state index contributed by atoms with van der Waals surface area (Å²) in [5, 5.41) is 2.98. The first-order chi connectivity index (χ1) is 12.2. The summed E-state index contributed by atoms with van der Waals surface area (Å²) in [6, 6.07) is 5.59. The predicted molar refractivity (Wildman–Crippen MR) is 91.5 cm³/mol. The lowest BCUT2D eigenvalue weighted by atomic mass is 10.2. The maximum atomic E-state index is 12.3. The number of carbonyl (C=O) groups is 2. The molecule has 4 rings (SSSR count). The van der Waals surface area contributed by atoms with Crippen molar-refractivity contribution in [3.8, 4) is 0 Å². The van der Waals surface area contributed by atoms with Gasteiger partial charge in [-0.05, 0) is 31.0 Å². The van der Waals surface area contributed by atoms with E-state index in [1.807, 2.05) is 6.07 Å². The Morgan fingerprint density at radius 1 is 1.16 bits per heavy atom. The highest BCUT2D eigenvalue weighted by molar-refractivity contribution is 5.95. The number of anilines is 1. The molecule has 0 unspecified atom stereocenters. The number of piperazine rings is 1. The molecule has 1 N–H and O–H groups in total. The van der Waals surface area contributed by atoms with Gasteiger partial charge >= 0.3 is 0 Å². The molecule has 0 radical (unpaired) electrons.